The van der Waals surface area contributed by atoms with E-state index in [9.17, 15) is 4.79 Å². The van der Waals surface area contributed by atoms with E-state index in [-0.39, 0.29) is 12.5 Å². The lowest BCUT2D eigenvalue weighted by atomic mass is 10.2. The summed E-state index contributed by atoms with van der Waals surface area (Å²) >= 11 is 1.64. The Bertz CT molecular complexity index is 1130. The maximum absolute atomic E-state index is 12.0. The fourth-order valence-corrected chi connectivity index (χ4v) is 3.63. The van der Waals surface area contributed by atoms with Gasteiger partial charge in [0, 0.05) is 11.3 Å². The van der Waals surface area contributed by atoms with Crippen molar-refractivity contribution in [2.24, 2.45) is 0 Å². The number of nitrogens with one attached hydrogen (secondary N) is 1. The molecule has 6 heteroatoms. The highest BCUT2D eigenvalue weighted by Gasteiger charge is 2.07. The normalized spacial score (nSPS) is 10.4. The first-order valence-electron chi connectivity index (χ1n) is 8.60. The molecule has 0 radical (unpaired) electrons. The number of anilines is 1. The Balaban J connectivity index is 1.36. The fraction of sp³-hybridized carbons (Fsp3) is 0.0455. The van der Waals surface area contributed by atoms with Gasteiger partial charge in [-0.3, -0.25) is 4.79 Å². The molecule has 28 heavy (non-hydrogen) atoms. The summed E-state index contributed by atoms with van der Waals surface area (Å²) in [5.74, 6) is 0.347. The third-order valence-electron chi connectivity index (χ3n) is 4.06. The van der Waals surface area contributed by atoms with Crippen LogP contribution in [0.1, 0.15) is 5.56 Å². The largest absolute Gasteiger partial charge is 0.484 e. The summed E-state index contributed by atoms with van der Waals surface area (Å²) < 4.78 is 6.70. The predicted octanol–water partition coefficient (Wildman–Crippen LogP) is 4.85. The Morgan fingerprint density at radius 1 is 1.04 bits per heavy atom. The summed E-state index contributed by atoms with van der Waals surface area (Å²) in [5.41, 5.74) is 3.17. The van der Waals surface area contributed by atoms with Crippen LogP contribution in [0.2, 0.25) is 0 Å². The average Bonchev–Trinajstić information content (AvgIpc) is 3.17. The van der Waals surface area contributed by atoms with Crippen LogP contribution in [-0.4, -0.2) is 17.5 Å². The maximum atomic E-state index is 12.0. The number of hydrogen-bond acceptors (Lipinski definition) is 5. The van der Waals surface area contributed by atoms with Crippen LogP contribution < -0.4 is 10.1 Å². The molecule has 3 aromatic carbocycles. The fourth-order valence-electron chi connectivity index (χ4n) is 2.66. The van der Waals surface area contributed by atoms with E-state index in [1.165, 1.54) is 0 Å². The molecule has 0 aliphatic rings. The van der Waals surface area contributed by atoms with E-state index in [1.807, 2.05) is 48.5 Å². The summed E-state index contributed by atoms with van der Waals surface area (Å²) in [4.78, 5) is 16.7. The molecule has 0 atom stereocenters. The van der Waals surface area contributed by atoms with Crippen LogP contribution in [0, 0.1) is 11.3 Å². The van der Waals surface area contributed by atoms with E-state index in [0.29, 0.717) is 17.0 Å². The molecule has 0 spiro atoms. The van der Waals surface area contributed by atoms with E-state index in [1.54, 1.807) is 35.6 Å². The highest BCUT2D eigenvalue weighted by molar-refractivity contribution is 7.21. The molecule has 1 heterocycles. The summed E-state index contributed by atoms with van der Waals surface area (Å²) in [6, 6.07) is 24.3. The van der Waals surface area contributed by atoms with Gasteiger partial charge >= 0.3 is 0 Å². The SMILES string of the molecule is N#Cc1ccc(NC(=O)COc2ccc(-c3nc4ccccc4s3)cc2)cc1. The molecule has 1 amide bonds. The highest BCUT2D eigenvalue weighted by Crippen LogP contribution is 2.30. The van der Waals surface area contributed by atoms with Gasteiger partial charge in [-0.15, -0.1) is 11.3 Å². The lowest BCUT2D eigenvalue weighted by Gasteiger charge is -2.08. The van der Waals surface area contributed by atoms with Crippen LogP contribution >= 0.6 is 11.3 Å². The van der Waals surface area contributed by atoms with Crippen LogP contribution in [0.15, 0.2) is 72.8 Å². The summed E-state index contributed by atoms with van der Waals surface area (Å²) in [6.45, 7) is -0.0967. The Morgan fingerprint density at radius 2 is 1.79 bits per heavy atom. The maximum Gasteiger partial charge on any atom is 0.262 e. The smallest absolute Gasteiger partial charge is 0.262 e. The molecular weight excluding hydrogens is 370 g/mol. The van der Waals surface area contributed by atoms with E-state index in [0.717, 1.165) is 20.8 Å². The molecule has 0 saturated carbocycles. The summed E-state index contributed by atoms with van der Waals surface area (Å²) in [5, 5.41) is 12.5. The number of aromatic nitrogens is 1. The second-order valence-electron chi connectivity index (χ2n) is 6.04. The molecule has 4 rings (SSSR count). The van der Waals surface area contributed by atoms with Gasteiger partial charge in [-0.1, -0.05) is 12.1 Å². The Morgan fingerprint density at radius 3 is 2.50 bits per heavy atom. The quantitative estimate of drug-likeness (QED) is 0.533. The van der Waals surface area contributed by atoms with Crippen molar-refractivity contribution in [2.45, 2.75) is 0 Å². The number of hydrogen-bond donors (Lipinski definition) is 1. The molecule has 136 valence electrons. The number of rotatable bonds is 5. The van der Waals surface area contributed by atoms with Crippen molar-refractivity contribution in [1.82, 2.24) is 4.98 Å². The van der Waals surface area contributed by atoms with Crippen LogP contribution in [0.4, 0.5) is 5.69 Å². The lowest BCUT2D eigenvalue weighted by molar-refractivity contribution is -0.118. The summed E-state index contributed by atoms with van der Waals surface area (Å²) in [7, 11) is 0. The number of para-hydroxylation sites is 1. The van der Waals surface area contributed by atoms with Crippen LogP contribution in [-0.2, 0) is 4.79 Å². The molecule has 0 saturated heterocycles. The number of nitrogens with zero attached hydrogens (tertiary/aromatic N) is 2. The van der Waals surface area contributed by atoms with Crippen LogP contribution in [0.5, 0.6) is 5.75 Å². The monoisotopic (exact) mass is 385 g/mol. The predicted molar refractivity (Wildman–Crippen MR) is 110 cm³/mol. The van der Waals surface area contributed by atoms with Gasteiger partial charge in [0.05, 0.1) is 21.8 Å². The summed E-state index contributed by atoms with van der Waals surface area (Å²) in [6.07, 6.45) is 0. The number of thiazole rings is 1. The first-order chi connectivity index (χ1) is 13.7. The number of carbonyl (C=O) groups excluding carboxylic acids is 1. The van der Waals surface area contributed by atoms with Crippen molar-refractivity contribution in [1.29, 1.82) is 5.26 Å². The van der Waals surface area contributed by atoms with E-state index < -0.39 is 0 Å². The molecule has 0 aliphatic heterocycles. The van der Waals surface area contributed by atoms with Crippen molar-refractivity contribution in [3.63, 3.8) is 0 Å². The van der Waals surface area contributed by atoms with E-state index in [4.69, 9.17) is 10.00 Å². The zero-order valence-corrected chi connectivity index (χ0v) is 15.6. The van der Waals surface area contributed by atoms with Crippen molar-refractivity contribution in [3.05, 3.63) is 78.4 Å². The highest BCUT2D eigenvalue weighted by atomic mass is 32.1. The number of benzene rings is 3. The molecule has 1 aromatic heterocycles. The van der Waals surface area contributed by atoms with Gasteiger partial charge in [0.25, 0.3) is 5.91 Å². The molecular formula is C22H15N3O2S. The Labute approximate surface area is 165 Å². The topological polar surface area (TPSA) is 75.0 Å². The van der Waals surface area contributed by atoms with E-state index >= 15 is 0 Å². The van der Waals surface area contributed by atoms with Gasteiger partial charge in [-0.25, -0.2) is 4.98 Å². The standard InChI is InChI=1S/C22H15N3O2S/c23-13-15-5-9-17(10-6-15)24-21(26)14-27-18-11-7-16(8-12-18)22-25-19-3-1-2-4-20(19)28-22/h1-12H,14H2,(H,24,26). The van der Waals surface area contributed by atoms with E-state index in [2.05, 4.69) is 16.4 Å². The average molecular weight is 385 g/mol. The van der Waals surface area contributed by atoms with Crippen molar-refractivity contribution in [2.75, 3.05) is 11.9 Å². The Hall–Kier alpha value is -3.69. The Kier molecular flexibility index (Phi) is 5.00. The second kappa shape index (κ2) is 7.91. The minimum atomic E-state index is -0.264. The van der Waals surface area contributed by atoms with Crippen LogP contribution in [0.25, 0.3) is 20.8 Å². The molecule has 0 bridgehead atoms. The molecule has 1 N–H and O–H groups in total. The first kappa shape index (κ1) is 17.7. The number of fused-ring (bicyclic) bond motifs is 1. The second-order valence-corrected chi connectivity index (χ2v) is 7.07. The first-order valence-corrected chi connectivity index (χ1v) is 9.42. The van der Waals surface area contributed by atoms with Crippen LogP contribution in [0.3, 0.4) is 0 Å². The molecule has 0 fully saturated rings. The van der Waals surface area contributed by atoms with Gasteiger partial charge in [0.1, 0.15) is 10.8 Å². The number of ether oxygens (including phenoxy) is 1. The third kappa shape index (κ3) is 4.00. The minimum Gasteiger partial charge on any atom is -0.484 e. The number of nitriles is 1. The molecule has 5 nitrogen and oxygen atoms in total. The van der Waals surface area contributed by atoms with Gasteiger partial charge in [0.15, 0.2) is 6.61 Å². The molecule has 0 aliphatic carbocycles. The van der Waals surface area contributed by atoms with Gasteiger partial charge in [0.2, 0.25) is 0 Å². The van der Waals surface area contributed by atoms with Crippen molar-refractivity contribution in [3.8, 4) is 22.4 Å². The zero-order chi connectivity index (χ0) is 19.3. The minimum absolute atomic E-state index is 0.0967. The number of carbonyl (C=O) groups is 1. The zero-order valence-electron chi connectivity index (χ0n) is 14.8. The van der Waals surface area contributed by atoms with Gasteiger partial charge in [-0.05, 0) is 60.7 Å². The third-order valence-corrected chi connectivity index (χ3v) is 5.15. The van der Waals surface area contributed by atoms with Gasteiger partial charge < -0.3 is 10.1 Å². The molecule has 0 unspecified atom stereocenters. The lowest BCUT2D eigenvalue weighted by Crippen LogP contribution is -2.20. The van der Waals surface area contributed by atoms with Gasteiger partial charge in [-0.2, -0.15) is 5.26 Å². The van der Waals surface area contributed by atoms with Crippen molar-refractivity contribution >= 4 is 33.1 Å². The number of amides is 1. The van der Waals surface area contributed by atoms with Crippen molar-refractivity contribution < 1.29 is 9.53 Å². The molecule has 4 aromatic rings.